The molecule has 0 fully saturated rings. The third-order valence-electron chi connectivity index (χ3n) is 3.27. The minimum Gasteiger partial charge on any atom is -0.465 e. The molecule has 0 bridgehead atoms. The molecule has 5 nitrogen and oxygen atoms in total. The molecule has 0 radical (unpaired) electrons. The number of aromatic nitrogens is 1. The molecule has 1 N–H and O–H groups in total. The van der Waals surface area contributed by atoms with Crippen molar-refractivity contribution in [3.8, 4) is 11.3 Å². The maximum Gasteiger partial charge on any atom is 0.350 e. The summed E-state index contributed by atoms with van der Waals surface area (Å²) >= 11 is 4.62. The van der Waals surface area contributed by atoms with E-state index in [1.165, 1.54) is 18.4 Å². The SMILES string of the molecule is COC(=O)c1sc(N/N=C\c2cccc(Br)c2)nc1-c1ccccc1. The lowest BCUT2D eigenvalue weighted by Gasteiger charge is -1.99. The summed E-state index contributed by atoms with van der Waals surface area (Å²) in [5.74, 6) is -0.416. The number of rotatable bonds is 5. The number of methoxy groups -OCH3 is 1. The summed E-state index contributed by atoms with van der Waals surface area (Å²) in [6, 6.07) is 17.3. The first-order chi connectivity index (χ1) is 12.2. The number of esters is 1. The summed E-state index contributed by atoms with van der Waals surface area (Å²) in [4.78, 5) is 17.0. The Morgan fingerprint density at radius 1 is 1.24 bits per heavy atom. The smallest absolute Gasteiger partial charge is 0.350 e. The van der Waals surface area contributed by atoms with Crippen LogP contribution in [0.25, 0.3) is 11.3 Å². The Balaban J connectivity index is 1.85. The van der Waals surface area contributed by atoms with Crippen molar-refractivity contribution in [2.75, 3.05) is 12.5 Å². The maximum absolute atomic E-state index is 12.0. The van der Waals surface area contributed by atoms with Gasteiger partial charge < -0.3 is 4.74 Å². The van der Waals surface area contributed by atoms with Gasteiger partial charge in [0.25, 0.3) is 0 Å². The molecule has 0 saturated carbocycles. The number of thiazole rings is 1. The molecule has 126 valence electrons. The van der Waals surface area contributed by atoms with Gasteiger partial charge in [-0.3, -0.25) is 5.43 Å². The number of nitrogens with zero attached hydrogens (tertiary/aromatic N) is 2. The van der Waals surface area contributed by atoms with Gasteiger partial charge in [-0.1, -0.05) is 69.7 Å². The van der Waals surface area contributed by atoms with Crippen LogP contribution in [0.5, 0.6) is 0 Å². The lowest BCUT2D eigenvalue weighted by atomic mass is 10.1. The minimum atomic E-state index is -0.416. The largest absolute Gasteiger partial charge is 0.465 e. The topological polar surface area (TPSA) is 63.6 Å². The number of halogens is 1. The minimum absolute atomic E-state index is 0.416. The van der Waals surface area contributed by atoms with Crippen LogP contribution < -0.4 is 5.43 Å². The molecule has 3 aromatic rings. The van der Waals surface area contributed by atoms with Gasteiger partial charge >= 0.3 is 5.97 Å². The molecular weight excluding hydrogens is 402 g/mol. The lowest BCUT2D eigenvalue weighted by molar-refractivity contribution is 0.0607. The van der Waals surface area contributed by atoms with Gasteiger partial charge in [-0.2, -0.15) is 5.10 Å². The third kappa shape index (κ3) is 4.32. The first-order valence-electron chi connectivity index (χ1n) is 7.36. The Kier molecular flexibility index (Phi) is 5.57. The van der Waals surface area contributed by atoms with E-state index in [-0.39, 0.29) is 0 Å². The van der Waals surface area contributed by atoms with Crippen LogP contribution in [0.3, 0.4) is 0 Å². The van der Waals surface area contributed by atoms with E-state index in [1.54, 1.807) is 6.21 Å². The van der Waals surface area contributed by atoms with Gasteiger partial charge in [-0.25, -0.2) is 9.78 Å². The van der Waals surface area contributed by atoms with Crippen LogP contribution in [0.2, 0.25) is 0 Å². The Morgan fingerprint density at radius 2 is 2.04 bits per heavy atom. The highest BCUT2D eigenvalue weighted by molar-refractivity contribution is 9.10. The second-order valence-electron chi connectivity index (χ2n) is 4.98. The second kappa shape index (κ2) is 8.04. The molecule has 2 aromatic carbocycles. The molecule has 0 saturated heterocycles. The molecule has 0 aliphatic heterocycles. The zero-order valence-corrected chi connectivity index (χ0v) is 15.7. The molecule has 0 aliphatic rings. The van der Waals surface area contributed by atoms with Gasteiger partial charge in [0.1, 0.15) is 4.88 Å². The number of hydrazone groups is 1. The number of anilines is 1. The fraction of sp³-hybridized carbons (Fsp3) is 0.0556. The number of hydrogen-bond donors (Lipinski definition) is 1. The zero-order chi connectivity index (χ0) is 17.6. The van der Waals surface area contributed by atoms with E-state index in [0.717, 1.165) is 15.6 Å². The van der Waals surface area contributed by atoms with E-state index in [1.807, 2.05) is 54.6 Å². The van der Waals surface area contributed by atoms with E-state index in [2.05, 4.69) is 31.4 Å². The fourth-order valence-electron chi connectivity index (χ4n) is 2.14. The van der Waals surface area contributed by atoms with E-state index in [9.17, 15) is 4.79 Å². The van der Waals surface area contributed by atoms with Crippen LogP contribution >= 0.6 is 27.3 Å². The van der Waals surface area contributed by atoms with Gasteiger partial charge in [0.05, 0.1) is 19.0 Å². The predicted octanol–water partition coefficient (Wildman–Crippen LogP) is 4.81. The standard InChI is InChI=1S/C18H14BrN3O2S/c1-24-17(23)16-15(13-7-3-2-4-8-13)21-18(25-16)22-20-11-12-6-5-9-14(19)10-12/h2-11H,1H3,(H,21,22)/b20-11-. The quantitative estimate of drug-likeness (QED) is 0.369. The van der Waals surface area contributed by atoms with Crippen LogP contribution in [-0.2, 0) is 4.74 Å². The van der Waals surface area contributed by atoms with Gasteiger partial charge in [-0.05, 0) is 17.7 Å². The molecule has 25 heavy (non-hydrogen) atoms. The van der Waals surface area contributed by atoms with E-state index in [4.69, 9.17) is 4.74 Å². The first kappa shape index (κ1) is 17.3. The van der Waals surface area contributed by atoms with Crippen LogP contribution in [0, 0.1) is 0 Å². The fourth-order valence-corrected chi connectivity index (χ4v) is 3.41. The highest BCUT2D eigenvalue weighted by Gasteiger charge is 2.19. The Labute approximate surface area is 157 Å². The molecule has 7 heteroatoms. The summed E-state index contributed by atoms with van der Waals surface area (Å²) in [6.45, 7) is 0. The van der Waals surface area contributed by atoms with Crippen LogP contribution in [0.15, 0.2) is 64.2 Å². The van der Waals surface area contributed by atoms with Gasteiger partial charge in [0, 0.05) is 10.0 Å². The van der Waals surface area contributed by atoms with Crippen LogP contribution in [0.1, 0.15) is 15.2 Å². The number of carbonyl (C=O) groups excluding carboxylic acids is 1. The summed E-state index contributed by atoms with van der Waals surface area (Å²) in [5, 5.41) is 4.71. The number of carbonyl (C=O) groups is 1. The number of benzene rings is 2. The zero-order valence-electron chi connectivity index (χ0n) is 13.3. The molecule has 1 heterocycles. The number of ether oxygens (including phenoxy) is 1. The molecule has 0 amide bonds. The predicted molar refractivity (Wildman–Crippen MR) is 104 cm³/mol. The van der Waals surface area contributed by atoms with Crippen molar-refractivity contribution in [3.63, 3.8) is 0 Å². The summed E-state index contributed by atoms with van der Waals surface area (Å²) in [7, 11) is 1.36. The molecule has 3 rings (SSSR count). The van der Waals surface area contributed by atoms with Gasteiger partial charge in [-0.15, -0.1) is 0 Å². The maximum atomic E-state index is 12.0. The molecule has 0 aliphatic carbocycles. The van der Waals surface area contributed by atoms with Crippen molar-refractivity contribution < 1.29 is 9.53 Å². The van der Waals surface area contributed by atoms with Crippen molar-refractivity contribution in [3.05, 3.63) is 69.5 Å². The van der Waals surface area contributed by atoms with Crippen LogP contribution in [-0.4, -0.2) is 24.3 Å². The van der Waals surface area contributed by atoms with E-state index in [0.29, 0.717) is 15.7 Å². The summed E-state index contributed by atoms with van der Waals surface area (Å²) in [5.41, 5.74) is 5.25. The highest BCUT2D eigenvalue weighted by Crippen LogP contribution is 2.31. The van der Waals surface area contributed by atoms with Crippen molar-refractivity contribution >= 4 is 44.6 Å². The monoisotopic (exact) mass is 415 g/mol. The van der Waals surface area contributed by atoms with E-state index >= 15 is 0 Å². The number of nitrogens with one attached hydrogen (secondary N) is 1. The molecule has 0 unspecified atom stereocenters. The Bertz CT molecular complexity index is 910. The second-order valence-corrected chi connectivity index (χ2v) is 6.89. The molecule has 0 atom stereocenters. The van der Waals surface area contributed by atoms with Crippen molar-refractivity contribution in [2.24, 2.45) is 5.10 Å². The normalized spacial score (nSPS) is 10.8. The van der Waals surface area contributed by atoms with Crippen molar-refractivity contribution in [1.29, 1.82) is 0 Å². The summed E-state index contributed by atoms with van der Waals surface area (Å²) in [6.07, 6.45) is 1.69. The van der Waals surface area contributed by atoms with E-state index < -0.39 is 5.97 Å². The van der Waals surface area contributed by atoms with Gasteiger partial charge in [0.15, 0.2) is 0 Å². The molecular formula is C18H14BrN3O2S. The Hall–Kier alpha value is -2.51. The first-order valence-corrected chi connectivity index (χ1v) is 8.97. The average molecular weight is 416 g/mol. The third-order valence-corrected chi connectivity index (χ3v) is 4.70. The highest BCUT2D eigenvalue weighted by atomic mass is 79.9. The van der Waals surface area contributed by atoms with Crippen LogP contribution in [0.4, 0.5) is 5.13 Å². The summed E-state index contributed by atoms with van der Waals surface area (Å²) < 4.78 is 5.84. The van der Waals surface area contributed by atoms with Gasteiger partial charge in [0.2, 0.25) is 5.13 Å². The van der Waals surface area contributed by atoms with Crippen molar-refractivity contribution in [1.82, 2.24) is 4.98 Å². The lowest BCUT2D eigenvalue weighted by Crippen LogP contribution is -2.00. The molecule has 0 spiro atoms. The van der Waals surface area contributed by atoms with Crippen molar-refractivity contribution in [2.45, 2.75) is 0 Å². The Morgan fingerprint density at radius 3 is 2.76 bits per heavy atom. The average Bonchev–Trinajstić information content (AvgIpc) is 3.06. The molecule has 1 aromatic heterocycles. The number of hydrogen-bond acceptors (Lipinski definition) is 6.